The Kier molecular flexibility index (Phi) is 6.57. The van der Waals surface area contributed by atoms with E-state index in [0.29, 0.717) is 16.3 Å². The predicted molar refractivity (Wildman–Crippen MR) is 118 cm³/mol. The molecule has 3 aromatic rings. The molecule has 0 saturated heterocycles. The summed E-state index contributed by atoms with van der Waals surface area (Å²) in [4.78, 5) is 12.8. The quantitative estimate of drug-likeness (QED) is 0.322. The first kappa shape index (κ1) is 21.3. The van der Waals surface area contributed by atoms with Gasteiger partial charge in [0.25, 0.3) is 0 Å². The predicted octanol–water partition coefficient (Wildman–Crippen LogP) is 5.81. The van der Waals surface area contributed by atoms with E-state index in [9.17, 15) is 13.2 Å². The summed E-state index contributed by atoms with van der Waals surface area (Å²) in [6.45, 7) is 0. The molecule has 29 heavy (non-hydrogen) atoms. The van der Waals surface area contributed by atoms with Gasteiger partial charge < -0.3 is 4.74 Å². The molecule has 148 valence electrons. The van der Waals surface area contributed by atoms with Gasteiger partial charge >= 0.3 is 0 Å². The number of allylic oxidation sites excluding steroid dienone is 1. The van der Waals surface area contributed by atoms with E-state index in [1.165, 1.54) is 30.3 Å². The van der Waals surface area contributed by atoms with Gasteiger partial charge in [-0.3, -0.25) is 4.79 Å². The Morgan fingerprint density at radius 1 is 0.931 bits per heavy atom. The topological polar surface area (TPSA) is 60.4 Å². The summed E-state index contributed by atoms with van der Waals surface area (Å²) in [5.41, 5.74) is 0.790. The Morgan fingerprint density at radius 3 is 2.07 bits per heavy atom. The lowest BCUT2D eigenvalue weighted by Gasteiger charge is -2.10. The van der Waals surface area contributed by atoms with Crippen LogP contribution < -0.4 is 4.74 Å². The molecule has 0 aliphatic heterocycles. The molecule has 7 heteroatoms. The lowest BCUT2D eigenvalue weighted by atomic mass is 10.1. The number of halogens is 2. The number of sulfone groups is 1. The number of benzene rings is 3. The molecule has 0 spiro atoms. The molecule has 3 rings (SSSR count). The second kappa shape index (κ2) is 8.95. The van der Waals surface area contributed by atoms with Crippen molar-refractivity contribution in [3.05, 3.63) is 98.3 Å². The summed E-state index contributed by atoms with van der Waals surface area (Å²) in [7, 11) is -2.52. The zero-order valence-electron chi connectivity index (χ0n) is 15.3. The molecule has 0 amide bonds. The minimum Gasteiger partial charge on any atom is -0.497 e. The van der Waals surface area contributed by atoms with Gasteiger partial charge in [0, 0.05) is 15.1 Å². The molecule has 0 aliphatic carbocycles. The molecule has 0 unspecified atom stereocenters. The summed E-state index contributed by atoms with van der Waals surface area (Å²) < 4.78 is 32.5. The normalized spacial score (nSPS) is 11.9. The maximum atomic E-state index is 13.3. The van der Waals surface area contributed by atoms with Crippen molar-refractivity contribution in [2.24, 2.45) is 0 Å². The van der Waals surface area contributed by atoms with Gasteiger partial charge in [-0.25, -0.2) is 8.42 Å². The van der Waals surface area contributed by atoms with E-state index in [1.807, 2.05) is 0 Å². The highest BCUT2D eigenvalue weighted by Crippen LogP contribution is 2.27. The highest BCUT2D eigenvalue weighted by molar-refractivity contribution is 9.10. The standard InChI is InChI=1S/C22H16BrClO4S/c1-28-19-10-2-15(3-11-19)14-21(22(25)16-4-8-18(24)9-5-16)29(26,27)20-12-6-17(23)7-13-20/h2-14H,1H3/b21-14+. The molecule has 3 aromatic carbocycles. The van der Waals surface area contributed by atoms with Crippen molar-refractivity contribution >= 4 is 49.2 Å². The summed E-state index contributed by atoms with van der Waals surface area (Å²) in [5.74, 6) is 0.0175. The lowest BCUT2D eigenvalue weighted by molar-refractivity contribution is 0.104. The lowest BCUT2D eigenvalue weighted by Crippen LogP contribution is -2.14. The molecule has 0 atom stereocenters. The fraction of sp³-hybridized carbons (Fsp3) is 0.0455. The van der Waals surface area contributed by atoms with E-state index in [1.54, 1.807) is 55.6 Å². The van der Waals surface area contributed by atoms with Crippen LogP contribution in [0.1, 0.15) is 15.9 Å². The summed E-state index contributed by atoms with van der Waals surface area (Å²) in [6.07, 6.45) is 1.37. The van der Waals surface area contributed by atoms with Gasteiger partial charge in [0.1, 0.15) is 10.7 Å². The van der Waals surface area contributed by atoms with Crippen LogP contribution in [0.3, 0.4) is 0 Å². The molecular weight excluding hydrogens is 476 g/mol. The summed E-state index contributed by atoms with van der Waals surface area (Å²) >= 11 is 9.18. The van der Waals surface area contributed by atoms with Gasteiger partial charge in [-0.1, -0.05) is 39.7 Å². The second-order valence-corrected chi connectivity index (χ2v) is 9.35. The highest BCUT2D eigenvalue weighted by atomic mass is 79.9. The van der Waals surface area contributed by atoms with Crippen LogP contribution in [-0.2, 0) is 9.84 Å². The molecule has 0 aliphatic rings. The fourth-order valence-corrected chi connectivity index (χ4v) is 4.39. The van der Waals surface area contributed by atoms with E-state index in [-0.39, 0.29) is 15.4 Å². The van der Waals surface area contributed by atoms with Crippen LogP contribution >= 0.6 is 27.5 Å². The van der Waals surface area contributed by atoms with Crippen molar-refractivity contribution < 1.29 is 17.9 Å². The fourth-order valence-electron chi connectivity index (χ4n) is 2.60. The third-order valence-electron chi connectivity index (χ3n) is 4.16. The maximum absolute atomic E-state index is 13.3. The van der Waals surface area contributed by atoms with Gasteiger partial charge in [0.15, 0.2) is 0 Å². The number of Topliss-reactive ketones (excluding diaryl/α,β-unsaturated/α-hetero) is 1. The number of carbonyl (C=O) groups excluding carboxylic acids is 1. The van der Waals surface area contributed by atoms with E-state index in [0.717, 1.165) is 4.47 Å². The molecule has 0 saturated carbocycles. The van der Waals surface area contributed by atoms with Gasteiger partial charge in [0.05, 0.1) is 12.0 Å². The average Bonchev–Trinajstić information content (AvgIpc) is 2.72. The third kappa shape index (κ3) is 4.96. The van der Waals surface area contributed by atoms with Gasteiger partial charge in [-0.2, -0.15) is 0 Å². The third-order valence-corrected chi connectivity index (χ3v) is 6.71. The van der Waals surface area contributed by atoms with Gasteiger partial charge in [-0.05, 0) is 72.3 Å². The van der Waals surface area contributed by atoms with Crippen molar-refractivity contribution in [1.82, 2.24) is 0 Å². The van der Waals surface area contributed by atoms with Crippen molar-refractivity contribution in [3.8, 4) is 5.75 Å². The molecule has 0 bridgehead atoms. The van der Waals surface area contributed by atoms with Gasteiger partial charge in [0.2, 0.25) is 15.6 Å². The van der Waals surface area contributed by atoms with Crippen molar-refractivity contribution in [2.45, 2.75) is 4.90 Å². The second-order valence-electron chi connectivity index (χ2n) is 6.08. The van der Waals surface area contributed by atoms with Gasteiger partial charge in [-0.15, -0.1) is 0 Å². The highest BCUT2D eigenvalue weighted by Gasteiger charge is 2.28. The number of hydrogen-bond donors (Lipinski definition) is 0. The molecule has 4 nitrogen and oxygen atoms in total. The zero-order chi connectivity index (χ0) is 21.0. The summed E-state index contributed by atoms with van der Waals surface area (Å²) in [6, 6.07) is 19.0. The van der Waals surface area contributed by atoms with E-state index < -0.39 is 15.6 Å². The molecule has 0 N–H and O–H groups in total. The monoisotopic (exact) mass is 490 g/mol. The van der Waals surface area contributed by atoms with Crippen LogP contribution in [0.2, 0.25) is 5.02 Å². The molecule has 0 fully saturated rings. The molecule has 0 radical (unpaired) electrons. The van der Waals surface area contributed by atoms with Crippen LogP contribution in [0.5, 0.6) is 5.75 Å². The van der Waals surface area contributed by atoms with Crippen LogP contribution in [0, 0.1) is 0 Å². The number of carbonyl (C=O) groups is 1. The number of hydrogen-bond acceptors (Lipinski definition) is 4. The van der Waals surface area contributed by atoms with Crippen LogP contribution in [-0.4, -0.2) is 21.3 Å². The Bertz CT molecular complexity index is 1150. The Hall–Kier alpha value is -2.41. The van der Waals surface area contributed by atoms with Crippen molar-refractivity contribution in [3.63, 3.8) is 0 Å². The molecule has 0 aromatic heterocycles. The average molecular weight is 492 g/mol. The first-order valence-electron chi connectivity index (χ1n) is 8.48. The van der Waals surface area contributed by atoms with E-state index >= 15 is 0 Å². The zero-order valence-corrected chi connectivity index (χ0v) is 18.5. The number of ketones is 1. The first-order chi connectivity index (χ1) is 13.8. The number of rotatable bonds is 6. The van der Waals surface area contributed by atoms with Crippen LogP contribution in [0.25, 0.3) is 6.08 Å². The molecule has 0 heterocycles. The SMILES string of the molecule is COc1ccc(/C=C(\C(=O)c2ccc(Cl)cc2)S(=O)(=O)c2ccc(Br)cc2)cc1. The Labute approximate surface area is 182 Å². The van der Waals surface area contributed by atoms with E-state index in [4.69, 9.17) is 16.3 Å². The number of ether oxygens (including phenoxy) is 1. The van der Waals surface area contributed by atoms with Crippen LogP contribution in [0.4, 0.5) is 0 Å². The largest absolute Gasteiger partial charge is 0.497 e. The number of methoxy groups -OCH3 is 1. The molecular formula is C22H16BrClO4S. The minimum absolute atomic E-state index is 0.0303. The van der Waals surface area contributed by atoms with Crippen molar-refractivity contribution in [2.75, 3.05) is 7.11 Å². The first-order valence-corrected chi connectivity index (χ1v) is 11.1. The Morgan fingerprint density at radius 2 is 1.52 bits per heavy atom. The van der Waals surface area contributed by atoms with Crippen molar-refractivity contribution in [1.29, 1.82) is 0 Å². The van der Waals surface area contributed by atoms with Crippen LogP contribution in [0.15, 0.2) is 87.1 Å². The van der Waals surface area contributed by atoms with E-state index in [2.05, 4.69) is 15.9 Å². The maximum Gasteiger partial charge on any atom is 0.210 e. The smallest absolute Gasteiger partial charge is 0.210 e. The Balaban J connectivity index is 2.14. The minimum atomic E-state index is -4.06. The summed E-state index contributed by atoms with van der Waals surface area (Å²) in [5, 5.41) is 0.456.